The topological polar surface area (TPSA) is 62.1 Å². The Kier molecular flexibility index (Phi) is 2.19. The molecule has 4 heteroatoms. The highest BCUT2D eigenvalue weighted by Crippen LogP contribution is 2.34. The summed E-state index contributed by atoms with van der Waals surface area (Å²) in [6, 6.07) is 7.95. The second-order valence-corrected chi connectivity index (χ2v) is 4.61. The van der Waals surface area contributed by atoms with Gasteiger partial charge in [-0.25, -0.2) is 0 Å². The molecule has 88 valence electrons. The van der Waals surface area contributed by atoms with E-state index in [0.717, 1.165) is 16.5 Å². The minimum Gasteiger partial charge on any atom is -0.361 e. The molecule has 4 nitrogen and oxygen atoms in total. The van der Waals surface area contributed by atoms with Crippen molar-refractivity contribution in [3.8, 4) is 0 Å². The van der Waals surface area contributed by atoms with Gasteiger partial charge in [-0.1, -0.05) is 18.2 Å². The van der Waals surface area contributed by atoms with Crippen LogP contribution in [0.3, 0.4) is 0 Å². The van der Waals surface area contributed by atoms with Gasteiger partial charge in [0.2, 0.25) is 5.91 Å². The summed E-state index contributed by atoms with van der Waals surface area (Å²) < 4.78 is 0. The van der Waals surface area contributed by atoms with Gasteiger partial charge in [0, 0.05) is 42.2 Å². The van der Waals surface area contributed by atoms with Crippen LogP contribution >= 0.6 is 0 Å². The van der Waals surface area contributed by atoms with Crippen LogP contribution in [-0.4, -0.2) is 28.9 Å². The van der Waals surface area contributed by atoms with Crippen LogP contribution < -0.4 is 5.73 Å². The Balaban J connectivity index is 2.12. The lowest BCUT2D eigenvalue weighted by Gasteiger charge is -2.22. The third-order valence-corrected chi connectivity index (χ3v) is 3.57. The van der Waals surface area contributed by atoms with Gasteiger partial charge in [0.15, 0.2) is 0 Å². The van der Waals surface area contributed by atoms with E-state index in [9.17, 15) is 4.79 Å². The minimum absolute atomic E-state index is 0.0151. The van der Waals surface area contributed by atoms with E-state index in [0.29, 0.717) is 6.42 Å². The number of amides is 1. The zero-order valence-corrected chi connectivity index (χ0v) is 9.68. The lowest BCUT2D eigenvalue weighted by Crippen LogP contribution is -2.30. The number of fused-ring (bicyclic) bond motifs is 1. The Labute approximate surface area is 99.4 Å². The van der Waals surface area contributed by atoms with Crippen molar-refractivity contribution in [3.05, 3.63) is 36.0 Å². The highest BCUT2D eigenvalue weighted by molar-refractivity contribution is 5.86. The van der Waals surface area contributed by atoms with Gasteiger partial charge >= 0.3 is 0 Å². The van der Waals surface area contributed by atoms with Crippen LogP contribution in [0.25, 0.3) is 10.9 Å². The molecule has 0 radical (unpaired) electrons. The van der Waals surface area contributed by atoms with Crippen molar-refractivity contribution in [1.82, 2.24) is 9.88 Å². The van der Waals surface area contributed by atoms with Crippen molar-refractivity contribution >= 4 is 16.8 Å². The molecule has 3 rings (SSSR count). The minimum atomic E-state index is -0.119. The number of aromatic nitrogens is 1. The van der Waals surface area contributed by atoms with Crippen LogP contribution in [0.4, 0.5) is 0 Å². The summed E-state index contributed by atoms with van der Waals surface area (Å²) in [6.07, 6.45) is 2.39. The van der Waals surface area contributed by atoms with Crippen molar-refractivity contribution in [3.63, 3.8) is 0 Å². The van der Waals surface area contributed by atoms with E-state index in [1.54, 1.807) is 4.90 Å². The molecular formula is C13H15N3O. The predicted molar refractivity (Wildman–Crippen MR) is 66.4 cm³/mol. The smallest absolute Gasteiger partial charge is 0.224 e. The Morgan fingerprint density at radius 1 is 1.41 bits per heavy atom. The number of likely N-dealkylation sites (tertiary alicyclic amines) is 1. The fraction of sp³-hybridized carbons (Fsp3) is 0.308. The third-order valence-electron chi connectivity index (χ3n) is 3.57. The van der Waals surface area contributed by atoms with Gasteiger partial charge in [-0.05, 0) is 6.07 Å². The molecule has 1 amide bonds. The van der Waals surface area contributed by atoms with Gasteiger partial charge in [0.05, 0.1) is 6.04 Å². The fourth-order valence-electron chi connectivity index (χ4n) is 2.68. The Bertz CT molecular complexity index is 575. The molecule has 1 aliphatic rings. The zero-order valence-electron chi connectivity index (χ0n) is 9.68. The van der Waals surface area contributed by atoms with Crippen LogP contribution in [0, 0.1) is 0 Å². The lowest BCUT2D eigenvalue weighted by atomic mass is 10.0. The number of carbonyl (C=O) groups is 1. The molecule has 17 heavy (non-hydrogen) atoms. The number of hydrogen-bond acceptors (Lipinski definition) is 2. The first kappa shape index (κ1) is 10.4. The predicted octanol–water partition coefficient (Wildman–Crippen LogP) is 1.40. The molecule has 1 aromatic carbocycles. The van der Waals surface area contributed by atoms with Crippen molar-refractivity contribution in [2.75, 3.05) is 7.05 Å². The van der Waals surface area contributed by atoms with Crippen molar-refractivity contribution in [2.24, 2.45) is 5.73 Å². The van der Waals surface area contributed by atoms with E-state index in [2.05, 4.69) is 11.1 Å². The van der Waals surface area contributed by atoms with Gasteiger partial charge in [-0.2, -0.15) is 0 Å². The second-order valence-electron chi connectivity index (χ2n) is 4.61. The average Bonchev–Trinajstić information content (AvgIpc) is 2.82. The largest absolute Gasteiger partial charge is 0.361 e. The van der Waals surface area contributed by atoms with Crippen LogP contribution in [0.5, 0.6) is 0 Å². The first-order valence-electron chi connectivity index (χ1n) is 5.75. The number of benzene rings is 1. The molecule has 0 saturated carbocycles. The van der Waals surface area contributed by atoms with E-state index in [1.165, 1.54) is 0 Å². The maximum absolute atomic E-state index is 11.7. The van der Waals surface area contributed by atoms with E-state index >= 15 is 0 Å². The lowest BCUT2D eigenvalue weighted by molar-refractivity contribution is -0.127. The number of rotatable bonds is 1. The van der Waals surface area contributed by atoms with Crippen molar-refractivity contribution in [2.45, 2.75) is 18.5 Å². The molecule has 0 spiro atoms. The van der Waals surface area contributed by atoms with E-state index in [1.807, 2.05) is 31.4 Å². The molecule has 1 fully saturated rings. The number of likely N-dealkylation sites (N-methyl/N-ethyl adjacent to an activating group) is 1. The molecule has 1 saturated heterocycles. The van der Waals surface area contributed by atoms with Crippen molar-refractivity contribution < 1.29 is 4.79 Å². The van der Waals surface area contributed by atoms with Gasteiger partial charge in [-0.3, -0.25) is 4.79 Å². The molecule has 2 atom stereocenters. The number of nitrogens with one attached hydrogen (secondary N) is 1. The van der Waals surface area contributed by atoms with Crippen LogP contribution in [0.1, 0.15) is 18.0 Å². The molecule has 3 N–H and O–H groups in total. The number of carbonyl (C=O) groups excluding carboxylic acids is 1. The van der Waals surface area contributed by atoms with E-state index < -0.39 is 0 Å². The van der Waals surface area contributed by atoms with Crippen LogP contribution in [0.2, 0.25) is 0 Å². The SMILES string of the molecule is CN1C(=O)CC(N)C1c1c[nH]c2ccccc12. The maximum atomic E-state index is 11.7. The number of nitrogens with zero attached hydrogens (tertiary/aromatic N) is 1. The number of hydrogen-bond donors (Lipinski definition) is 2. The first-order chi connectivity index (χ1) is 8.18. The highest BCUT2D eigenvalue weighted by atomic mass is 16.2. The summed E-state index contributed by atoms with van der Waals surface area (Å²) in [5.74, 6) is 0.118. The monoisotopic (exact) mass is 229 g/mol. The van der Waals surface area contributed by atoms with Crippen LogP contribution in [0.15, 0.2) is 30.5 Å². The van der Waals surface area contributed by atoms with Crippen molar-refractivity contribution in [1.29, 1.82) is 0 Å². The number of nitrogens with two attached hydrogens (primary N) is 1. The molecule has 2 aromatic rings. The number of para-hydroxylation sites is 1. The van der Waals surface area contributed by atoms with E-state index in [4.69, 9.17) is 5.73 Å². The molecular weight excluding hydrogens is 214 g/mol. The van der Waals surface area contributed by atoms with Gasteiger partial charge in [-0.15, -0.1) is 0 Å². The molecule has 1 aliphatic heterocycles. The first-order valence-corrected chi connectivity index (χ1v) is 5.75. The standard InChI is InChI=1S/C13H15N3O/c1-16-12(17)6-10(14)13(16)9-7-15-11-5-3-2-4-8(9)11/h2-5,7,10,13,15H,6,14H2,1H3. The fourth-order valence-corrected chi connectivity index (χ4v) is 2.68. The molecule has 2 unspecified atom stereocenters. The quantitative estimate of drug-likeness (QED) is 0.776. The molecule has 0 aliphatic carbocycles. The van der Waals surface area contributed by atoms with E-state index in [-0.39, 0.29) is 18.0 Å². The third kappa shape index (κ3) is 1.45. The molecule has 1 aromatic heterocycles. The van der Waals surface area contributed by atoms with Gasteiger partial charge in [0.1, 0.15) is 0 Å². The normalized spacial score (nSPS) is 24.8. The summed E-state index contributed by atoms with van der Waals surface area (Å²) in [5, 5.41) is 1.15. The molecule has 2 heterocycles. The summed E-state index contributed by atoms with van der Waals surface area (Å²) in [7, 11) is 1.82. The average molecular weight is 229 g/mol. The van der Waals surface area contributed by atoms with Gasteiger partial charge < -0.3 is 15.6 Å². The summed E-state index contributed by atoms with van der Waals surface area (Å²) in [5.41, 5.74) is 8.26. The summed E-state index contributed by atoms with van der Waals surface area (Å²) >= 11 is 0. The highest BCUT2D eigenvalue weighted by Gasteiger charge is 2.37. The molecule has 0 bridgehead atoms. The van der Waals surface area contributed by atoms with Gasteiger partial charge in [0.25, 0.3) is 0 Å². The maximum Gasteiger partial charge on any atom is 0.224 e. The second kappa shape index (κ2) is 3.60. The van der Waals surface area contributed by atoms with Crippen LogP contribution in [-0.2, 0) is 4.79 Å². The Hall–Kier alpha value is -1.81. The summed E-state index contributed by atoms with van der Waals surface area (Å²) in [6.45, 7) is 0. The number of H-pyrrole nitrogens is 1. The Morgan fingerprint density at radius 3 is 2.88 bits per heavy atom. The Morgan fingerprint density at radius 2 is 2.18 bits per heavy atom. The zero-order chi connectivity index (χ0) is 12.0. The summed E-state index contributed by atoms with van der Waals surface area (Å²) in [4.78, 5) is 16.6. The number of aromatic amines is 1.